The zero-order valence-electron chi connectivity index (χ0n) is 17.7. The molecule has 34 heavy (non-hydrogen) atoms. The fraction of sp³-hybridized carbons (Fsp3) is 0.0833. The summed E-state index contributed by atoms with van der Waals surface area (Å²) in [5, 5.41) is 2.13. The van der Waals surface area contributed by atoms with E-state index >= 15 is 0 Å². The van der Waals surface area contributed by atoms with Gasteiger partial charge in [0.1, 0.15) is 0 Å². The lowest BCUT2D eigenvalue weighted by Crippen LogP contribution is -2.51. The summed E-state index contributed by atoms with van der Waals surface area (Å²) < 4.78 is 70.3. The molecule has 0 fully saturated rings. The maximum atomic E-state index is 12.5. The predicted octanol–water partition coefficient (Wildman–Crippen LogP) is 2.25. The van der Waals surface area contributed by atoms with Crippen molar-refractivity contribution in [2.24, 2.45) is 0 Å². The predicted molar refractivity (Wildman–Crippen MR) is 130 cm³/mol. The van der Waals surface area contributed by atoms with E-state index in [4.69, 9.17) is 0 Å². The SMILES string of the molecule is O=S(=O)(O)C1CC(c2ccccc2)=c2ccc3c(c2N1S(=O)(=O)O)NC=CC=3c1ccccc1. The summed E-state index contributed by atoms with van der Waals surface area (Å²) in [6.45, 7) is 0. The lowest BCUT2D eigenvalue weighted by molar-refractivity contribution is 0.450. The van der Waals surface area contributed by atoms with Gasteiger partial charge in [0.05, 0.1) is 11.4 Å². The van der Waals surface area contributed by atoms with Crippen LogP contribution in [0.3, 0.4) is 0 Å². The number of allylic oxidation sites excluding steroid dienone is 1. The second-order valence-corrected chi connectivity index (χ2v) is 10.8. The number of hydrogen-bond donors (Lipinski definition) is 3. The van der Waals surface area contributed by atoms with Crippen molar-refractivity contribution in [2.75, 3.05) is 9.62 Å². The maximum absolute atomic E-state index is 12.5. The molecule has 0 amide bonds. The van der Waals surface area contributed by atoms with E-state index in [2.05, 4.69) is 5.32 Å². The van der Waals surface area contributed by atoms with Crippen LogP contribution in [0.2, 0.25) is 0 Å². The highest BCUT2D eigenvalue weighted by molar-refractivity contribution is 7.91. The van der Waals surface area contributed by atoms with E-state index in [1.54, 1.807) is 42.6 Å². The van der Waals surface area contributed by atoms with Gasteiger partial charge in [-0.2, -0.15) is 16.8 Å². The van der Waals surface area contributed by atoms with E-state index < -0.39 is 25.8 Å². The minimum absolute atomic E-state index is 0.0505. The molecule has 174 valence electrons. The fourth-order valence-corrected chi connectivity index (χ4v) is 6.69. The standard InChI is InChI=1S/C24H20N2O6S2/c27-33(28,29)22-15-21(17-9-5-2-6-10-17)20-12-11-19-18(16-7-3-1-4-8-16)13-14-25-23(19)24(20)26(22)34(30,31)32/h1-14,22,25H,15H2,(H,27,28,29)(H,30,31,32). The minimum atomic E-state index is -5.09. The third-order valence-corrected chi connectivity index (χ3v) is 8.06. The quantitative estimate of drug-likeness (QED) is 0.473. The van der Waals surface area contributed by atoms with Crippen LogP contribution in [0.4, 0.5) is 11.4 Å². The molecule has 10 heteroatoms. The van der Waals surface area contributed by atoms with Crippen LogP contribution in [0.1, 0.15) is 17.5 Å². The van der Waals surface area contributed by atoms with Gasteiger partial charge in [-0.3, -0.25) is 9.11 Å². The maximum Gasteiger partial charge on any atom is 0.361 e. The average Bonchev–Trinajstić information content (AvgIpc) is 2.82. The van der Waals surface area contributed by atoms with Crippen molar-refractivity contribution >= 4 is 42.9 Å². The van der Waals surface area contributed by atoms with Crippen molar-refractivity contribution in [3.8, 4) is 0 Å². The largest absolute Gasteiger partial charge is 0.361 e. The number of fused-ring (bicyclic) bond motifs is 3. The van der Waals surface area contributed by atoms with E-state index in [-0.39, 0.29) is 12.1 Å². The molecule has 2 heterocycles. The summed E-state index contributed by atoms with van der Waals surface area (Å²) in [7, 11) is -10.0. The molecule has 0 spiro atoms. The first-order valence-corrected chi connectivity index (χ1v) is 13.2. The van der Waals surface area contributed by atoms with E-state index in [1.807, 2.05) is 42.5 Å². The second kappa shape index (κ2) is 8.10. The van der Waals surface area contributed by atoms with E-state index in [0.717, 1.165) is 11.1 Å². The van der Waals surface area contributed by atoms with Gasteiger partial charge in [0.2, 0.25) is 0 Å². The first-order valence-electron chi connectivity index (χ1n) is 10.3. The Morgan fingerprint density at radius 2 is 1.38 bits per heavy atom. The van der Waals surface area contributed by atoms with Crippen LogP contribution in [0.25, 0.3) is 11.1 Å². The van der Waals surface area contributed by atoms with Crippen molar-refractivity contribution in [3.05, 3.63) is 107 Å². The van der Waals surface area contributed by atoms with Gasteiger partial charge in [0, 0.05) is 23.1 Å². The first kappa shape index (κ1) is 22.4. The molecule has 0 saturated carbocycles. The first-order chi connectivity index (χ1) is 16.2. The molecule has 0 saturated heterocycles. The molecular formula is C24H20N2O6S2. The number of rotatable bonds is 4. The molecule has 0 aromatic heterocycles. The lowest BCUT2D eigenvalue weighted by Gasteiger charge is -2.35. The summed E-state index contributed by atoms with van der Waals surface area (Å²) in [5.74, 6) is 0. The normalized spacial score (nSPS) is 17.7. The molecule has 3 aromatic rings. The number of nitrogens with zero attached hydrogens (tertiary/aromatic N) is 1. The van der Waals surface area contributed by atoms with E-state index in [0.29, 0.717) is 31.6 Å². The molecular weight excluding hydrogens is 476 g/mol. The second-order valence-electron chi connectivity index (χ2n) is 7.93. The highest BCUT2D eigenvalue weighted by Crippen LogP contribution is 2.36. The van der Waals surface area contributed by atoms with Crippen LogP contribution in [-0.4, -0.2) is 31.3 Å². The molecule has 1 unspecified atom stereocenters. The Kier molecular flexibility index (Phi) is 5.33. The molecule has 2 aliphatic rings. The molecule has 3 aromatic carbocycles. The van der Waals surface area contributed by atoms with Gasteiger partial charge in [0.15, 0.2) is 5.37 Å². The van der Waals surface area contributed by atoms with Crippen LogP contribution in [-0.2, 0) is 20.4 Å². The van der Waals surface area contributed by atoms with Gasteiger partial charge in [-0.05, 0) is 28.3 Å². The third-order valence-electron chi connectivity index (χ3n) is 5.93. The van der Waals surface area contributed by atoms with Crippen molar-refractivity contribution < 1.29 is 25.9 Å². The number of benzene rings is 3. The molecule has 8 nitrogen and oxygen atoms in total. The zero-order valence-corrected chi connectivity index (χ0v) is 19.3. The Bertz CT molecular complexity index is 1650. The summed E-state index contributed by atoms with van der Waals surface area (Å²) in [4.78, 5) is 0. The van der Waals surface area contributed by atoms with Crippen LogP contribution in [0, 0.1) is 0 Å². The Labute approximate surface area is 196 Å². The summed E-state index contributed by atoms with van der Waals surface area (Å²) in [5.41, 5.74) is 3.10. The highest BCUT2D eigenvalue weighted by atomic mass is 32.2. The summed E-state index contributed by atoms with van der Waals surface area (Å²) in [6.07, 6.45) is 3.10. The number of hydrogen-bond acceptors (Lipinski definition) is 5. The molecule has 0 bridgehead atoms. The fourth-order valence-electron chi connectivity index (χ4n) is 4.52. The van der Waals surface area contributed by atoms with Crippen molar-refractivity contribution in [3.63, 3.8) is 0 Å². The number of nitrogens with one attached hydrogen (secondary N) is 1. The van der Waals surface area contributed by atoms with Gasteiger partial charge in [-0.15, -0.1) is 0 Å². The molecule has 2 aliphatic heterocycles. The third kappa shape index (κ3) is 3.80. The van der Waals surface area contributed by atoms with Crippen LogP contribution in [0.15, 0.2) is 85.1 Å². The molecule has 0 radical (unpaired) electrons. The minimum Gasteiger partial charge on any atom is -0.359 e. The Morgan fingerprint density at radius 3 is 1.97 bits per heavy atom. The van der Waals surface area contributed by atoms with E-state index in [9.17, 15) is 25.9 Å². The van der Waals surface area contributed by atoms with Gasteiger partial charge >= 0.3 is 10.3 Å². The average molecular weight is 497 g/mol. The van der Waals surface area contributed by atoms with Crippen LogP contribution >= 0.6 is 0 Å². The van der Waals surface area contributed by atoms with Gasteiger partial charge < -0.3 is 5.32 Å². The lowest BCUT2D eigenvalue weighted by atomic mass is 9.93. The molecule has 0 aliphatic carbocycles. The zero-order chi connectivity index (χ0) is 24.1. The highest BCUT2D eigenvalue weighted by Gasteiger charge is 2.43. The monoisotopic (exact) mass is 496 g/mol. The van der Waals surface area contributed by atoms with E-state index in [1.165, 1.54) is 0 Å². The Balaban J connectivity index is 1.96. The van der Waals surface area contributed by atoms with Gasteiger partial charge in [0.25, 0.3) is 10.1 Å². The van der Waals surface area contributed by atoms with Crippen molar-refractivity contribution in [1.82, 2.24) is 0 Å². The van der Waals surface area contributed by atoms with Crippen LogP contribution in [0.5, 0.6) is 0 Å². The number of anilines is 2. The molecule has 3 N–H and O–H groups in total. The topological polar surface area (TPSA) is 124 Å². The summed E-state index contributed by atoms with van der Waals surface area (Å²) in [6, 6.07) is 21.9. The molecule has 5 rings (SSSR count). The van der Waals surface area contributed by atoms with Gasteiger partial charge in [-0.25, -0.2) is 4.31 Å². The Hall–Kier alpha value is -3.44. The smallest absolute Gasteiger partial charge is 0.359 e. The van der Waals surface area contributed by atoms with Crippen molar-refractivity contribution in [2.45, 2.75) is 11.8 Å². The summed E-state index contributed by atoms with van der Waals surface area (Å²) >= 11 is 0. The molecule has 1 atom stereocenters. The van der Waals surface area contributed by atoms with Crippen molar-refractivity contribution in [1.29, 1.82) is 0 Å². The Morgan fingerprint density at radius 1 is 0.794 bits per heavy atom. The van der Waals surface area contributed by atoms with Gasteiger partial charge in [-0.1, -0.05) is 72.8 Å². The van der Waals surface area contributed by atoms with Crippen LogP contribution < -0.4 is 20.1 Å².